The fourth-order valence-corrected chi connectivity index (χ4v) is 3.27. The lowest BCUT2D eigenvalue weighted by Gasteiger charge is -2.19. The van der Waals surface area contributed by atoms with Crippen molar-refractivity contribution in [1.82, 2.24) is 5.32 Å². The molecule has 0 aliphatic carbocycles. The average Bonchev–Trinajstić information content (AvgIpc) is 2.73. The van der Waals surface area contributed by atoms with E-state index in [1.807, 2.05) is 0 Å². The molecule has 0 aliphatic rings. The lowest BCUT2D eigenvalue weighted by atomic mass is 10.0. The first kappa shape index (κ1) is 23.8. The van der Waals surface area contributed by atoms with E-state index < -0.39 is 29.1 Å². The Morgan fingerprint density at radius 3 is 2.27 bits per heavy atom. The summed E-state index contributed by atoms with van der Waals surface area (Å²) in [7, 11) is 0. The first-order valence-corrected chi connectivity index (χ1v) is 10.6. The normalized spacial score (nSPS) is 11.9. The molecule has 0 fully saturated rings. The van der Waals surface area contributed by atoms with Gasteiger partial charge in [-0.3, -0.25) is 4.79 Å². The topological polar surface area (TPSA) is 58.6 Å². The second-order valence-corrected chi connectivity index (χ2v) is 7.32. The molecule has 0 aromatic heterocycles. The molecule has 2 aromatic rings. The van der Waals surface area contributed by atoms with Crippen LogP contribution in [0.25, 0.3) is 0 Å². The summed E-state index contributed by atoms with van der Waals surface area (Å²) >= 11 is 0. The number of nitrogens with one attached hydrogen (secondary N) is 1. The Morgan fingerprint density at radius 1 is 1.00 bits per heavy atom. The number of amides is 1. The van der Waals surface area contributed by atoms with E-state index in [0.717, 1.165) is 36.3 Å². The summed E-state index contributed by atoms with van der Waals surface area (Å²) in [4.78, 5) is 12.4. The number of carbonyl (C=O) groups is 1. The van der Waals surface area contributed by atoms with Gasteiger partial charge < -0.3 is 15.2 Å². The first-order chi connectivity index (χ1) is 14.6. The summed E-state index contributed by atoms with van der Waals surface area (Å²) in [5.41, 5.74) is 0.0976. The Kier molecular flexibility index (Phi) is 10.3. The smallest absolute Gasteiger partial charge is 0.257 e. The summed E-state index contributed by atoms with van der Waals surface area (Å²) < 4.78 is 33.5. The molecule has 164 valence electrons. The third kappa shape index (κ3) is 7.41. The first-order valence-electron chi connectivity index (χ1n) is 10.6. The van der Waals surface area contributed by atoms with Crippen molar-refractivity contribution in [2.24, 2.45) is 0 Å². The van der Waals surface area contributed by atoms with Crippen LogP contribution in [0.3, 0.4) is 0 Å². The highest BCUT2D eigenvalue weighted by Crippen LogP contribution is 2.22. The summed E-state index contributed by atoms with van der Waals surface area (Å²) in [6.45, 7) is 2.66. The van der Waals surface area contributed by atoms with Crippen LogP contribution in [0.2, 0.25) is 0 Å². The molecule has 2 rings (SSSR count). The Balaban J connectivity index is 1.92. The van der Waals surface area contributed by atoms with E-state index in [-0.39, 0.29) is 13.0 Å². The SMILES string of the molecule is CCCCCCCCOc1ccc(C(CCO)NC(=O)c2c(F)cccc2F)cc1. The molecule has 0 saturated carbocycles. The van der Waals surface area contributed by atoms with Gasteiger partial charge >= 0.3 is 0 Å². The van der Waals surface area contributed by atoms with Gasteiger partial charge in [0.05, 0.1) is 12.6 Å². The van der Waals surface area contributed by atoms with Crippen LogP contribution in [0.15, 0.2) is 42.5 Å². The molecule has 30 heavy (non-hydrogen) atoms. The van der Waals surface area contributed by atoms with E-state index in [4.69, 9.17) is 4.74 Å². The fraction of sp³-hybridized carbons (Fsp3) is 0.458. The second-order valence-electron chi connectivity index (χ2n) is 7.32. The van der Waals surface area contributed by atoms with Gasteiger partial charge in [-0.1, -0.05) is 57.2 Å². The molecule has 6 heteroatoms. The number of aliphatic hydroxyl groups is 1. The Labute approximate surface area is 177 Å². The summed E-state index contributed by atoms with van der Waals surface area (Å²) in [6, 6.07) is 9.87. The largest absolute Gasteiger partial charge is 0.494 e. The number of unbranched alkanes of at least 4 members (excludes halogenated alkanes) is 5. The van der Waals surface area contributed by atoms with Crippen molar-refractivity contribution >= 4 is 5.91 Å². The van der Waals surface area contributed by atoms with Crippen molar-refractivity contribution < 1.29 is 23.4 Å². The van der Waals surface area contributed by atoms with Gasteiger partial charge in [0.1, 0.15) is 22.9 Å². The van der Waals surface area contributed by atoms with E-state index in [0.29, 0.717) is 6.61 Å². The molecule has 0 heterocycles. The monoisotopic (exact) mass is 419 g/mol. The Bertz CT molecular complexity index is 760. The average molecular weight is 420 g/mol. The molecule has 1 unspecified atom stereocenters. The maximum atomic E-state index is 13.9. The molecular formula is C24H31F2NO3. The van der Waals surface area contributed by atoms with Gasteiger partial charge in [0.2, 0.25) is 0 Å². The van der Waals surface area contributed by atoms with E-state index >= 15 is 0 Å². The zero-order chi connectivity index (χ0) is 21.8. The van der Waals surface area contributed by atoms with E-state index in [2.05, 4.69) is 12.2 Å². The lowest BCUT2D eigenvalue weighted by Crippen LogP contribution is -2.30. The zero-order valence-corrected chi connectivity index (χ0v) is 17.5. The van der Waals surface area contributed by atoms with Gasteiger partial charge in [0, 0.05) is 6.61 Å². The molecule has 0 bridgehead atoms. The summed E-state index contributed by atoms with van der Waals surface area (Å²) in [6.07, 6.45) is 7.37. The maximum Gasteiger partial charge on any atom is 0.257 e. The minimum atomic E-state index is -0.923. The number of carbonyl (C=O) groups excluding carboxylic acids is 1. The van der Waals surface area contributed by atoms with Gasteiger partial charge in [-0.15, -0.1) is 0 Å². The van der Waals surface area contributed by atoms with Gasteiger partial charge in [-0.25, -0.2) is 8.78 Å². The van der Waals surface area contributed by atoms with Crippen molar-refractivity contribution in [3.63, 3.8) is 0 Å². The van der Waals surface area contributed by atoms with Crippen LogP contribution in [-0.4, -0.2) is 24.2 Å². The minimum Gasteiger partial charge on any atom is -0.494 e. The van der Waals surface area contributed by atoms with Gasteiger partial charge in [-0.05, 0) is 42.7 Å². The quantitative estimate of drug-likeness (QED) is 0.418. The lowest BCUT2D eigenvalue weighted by molar-refractivity contribution is 0.0921. The van der Waals surface area contributed by atoms with Crippen LogP contribution in [0.4, 0.5) is 8.78 Å². The van der Waals surface area contributed by atoms with Gasteiger partial charge in [-0.2, -0.15) is 0 Å². The fourth-order valence-electron chi connectivity index (χ4n) is 3.27. The third-order valence-electron chi connectivity index (χ3n) is 4.96. The van der Waals surface area contributed by atoms with Crippen LogP contribution in [-0.2, 0) is 0 Å². The molecule has 2 aromatic carbocycles. The molecular weight excluding hydrogens is 388 g/mol. The van der Waals surface area contributed by atoms with E-state index in [1.54, 1.807) is 24.3 Å². The van der Waals surface area contributed by atoms with Crippen LogP contribution < -0.4 is 10.1 Å². The number of benzene rings is 2. The second kappa shape index (κ2) is 13.0. The third-order valence-corrected chi connectivity index (χ3v) is 4.96. The number of hydrogen-bond donors (Lipinski definition) is 2. The molecule has 1 atom stereocenters. The van der Waals surface area contributed by atoms with Crippen molar-refractivity contribution in [3.05, 3.63) is 65.2 Å². The van der Waals surface area contributed by atoms with Crippen molar-refractivity contribution in [1.29, 1.82) is 0 Å². The number of rotatable bonds is 13. The minimum absolute atomic E-state index is 0.180. The molecule has 4 nitrogen and oxygen atoms in total. The predicted molar refractivity (Wildman–Crippen MR) is 114 cm³/mol. The van der Waals surface area contributed by atoms with Crippen LogP contribution in [0.5, 0.6) is 5.75 Å². The van der Waals surface area contributed by atoms with Crippen LogP contribution in [0, 0.1) is 11.6 Å². The number of ether oxygens (including phenoxy) is 1. The highest BCUT2D eigenvalue weighted by molar-refractivity contribution is 5.95. The number of aliphatic hydroxyl groups excluding tert-OH is 1. The molecule has 2 N–H and O–H groups in total. The van der Waals surface area contributed by atoms with E-state index in [1.165, 1.54) is 31.7 Å². The van der Waals surface area contributed by atoms with Gasteiger partial charge in [0.15, 0.2) is 0 Å². The van der Waals surface area contributed by atoms with Crippen LogP contribution >= 0.6 is 0 Å². The Morgan fingerprint density at radius 2 is 1.63 bits per heavy atom. The summed E-state index contributed by atoms with van der Waals surface area (Å²) in [5, 5.41) is 12.0. The molecule has 0 saturated heterocycles. The van der Waals surface area contributed by atoms with E-state index in [9.17, 15) is 18.7 Å². The standard InChI is InChI=1S/C24H31F2NO3/c1-2-3-4-5-6-7-17-30-19-13-11-18(12-14-19)22(15-16-28)27-24(29)23-20(25)9-8-10-21(23)26/h8-14,22,28H,2-7,15-17H2,1H3,(H,27,29). The molecule has 1 amide bonds. The maximum absolute atomic E-state index is 13.9. The van der Waals surface area contributed by atoms with Crippen molar-refractivity contribution in [3.8, 4) is 5.75 Å². The van der Waals surface area contributed by atoms with Crippen LogP contribution in [0.1, 0.15) is 73.8 Å². The molecule has 0 spiro atoms. The molecule has 0 radical (unpaired) electrons. The summed E-state index contributed by atoms with van der Waals surface area (Å²) in [5.74, 6) is -1.98. The number of halogens is 2. The highest BCUT2D eigenvalue weighted by Gasteiger charge is 2.21. The number of hydrogen-bond acceptors (Lipinski definition) is 3. The van der Waals surface area contributed by atoms with Gasteiger partial charge in [0.25, 0.3) is 5.91 Å². The van der Waals surface area contributed by atoms with Crippen molar-refractivity contribution in [2.45, 2.75) is 57.9 Å². The highest BCUT2D eigenvalue weighted by atomic mass is 19.1. The predicted octanol–water partition coefficient (Wildman–Crippen LogP) is 5.56. The van der Waals surface area contributed by atoms with Crippen molar-refractivity contribution in [2.75, 3.05) is 13.2 Å². The molecule has 0 aliphatic heterocycles. The zero-order valence-electron chi connectivity index (χ0n) is 17.5. The Hall–Kier alpha value is -2.47.